The monoisotopic (exact) mass is 299 g/mol. The van der Waals surface area contributed by atoms with Gasteiger partial charge in [0, 0.05) is 16.8 Å². The first-order valence-corrected chi connectivity index (χ1v) is 7.80. The molecule has 0 aliphatic rings. The summed E-state index contributed by atoms with van der Waals surface area (Å²) >= 11 is 0. The molecule has 3 aromatic rings. The molecule has 0 aliphatic heterocycles. The van der Waals surface area contributed by atoms with Crippen LogP contribution in [0.3, 0.4) is 0 Å². The molecule has 0 amide bonds. The predicted molar refractivity (Wildman–Crippen MR) is 83.5 cm³/mol. The summed E-state index contributed by atoms with van der Waals surface area (Å²) in [6.07, 6.45) is 0. The second-order valence-corrected chi connectivity index (χ2v) is 6.05. The SMILES string of the molecule is O=S(=O)(O)c1cccc2ccc(Nc3ccccc3)cc12. The number of nitrogens with one attached hydrogen (secondary N) is 1. The molecule has 0 saturated carbocycles. The zero-order valence-corrected chi connectivity index (χ0v) is 11.8. The number of hydrogen-bond acceptors (Lipinski definition) is 3. The van der Waals surface area contributed by atoms with Gasteiger partial charge in [0.1, 0.15) is 4.90 Å². The minimum Gasteiger partial charge on any atom is -0.356 e. The molecule has 0 fully saturated rings. The van der Waals surface area contributed by atoms with Gasteiger partial charge < -0.3 is 5.32 Å². The average Bonchev–Trinajstić information content (AvgIpc) is 2.46. The largest absolute Gasteiger partial charge is 0.356 e. The molecule has 2 N–H and O–H groups in total. The Morgan fingerprint density at radius 1 is 0.810 bits per heavy atom. The van der Waals surface area contributed by atoms with E-state index in [4.69, 9.17) is 0 Å². The predicted octanol–water partition coefficient (Wildman–Crippen LogP) is 3.83. The van der Waals surface area contributed by atoms with E-state index >= 15 is 0 Å². The zero-order chi connectivity index (χ0) is 14.9. The van der Waals surface area contributed by atoms with E-state index < -0.39 is 10.1 Å². The first-order chi connectivity index (χ1) is 10.0. The molecule has 3 rings (SSSR count). The van der Waals surface area contributed by atoms with Crippen LogP contribution in [0.4, 0.5) is 11.4 Å². The Balaban J connectivity index is 2.11. The third-order valence-electron chi connectivity index (χ3n) is 3.18. The van der Waals surface area contributed by atoms with Crippen molar-refractivity contribution < 1.29 is 13.0 Å². The van der Waals surface area contributed by atoms with Crippen molar-refractivity contribution in [3.63, 3.8) is 0 Å². The topological polar surface area (TPSA) is 66.4 Å². The number of fused-ring (bicyclic) bond motifs is 1. The standard InChI is InChI=1S/C16H13NO3S/c18-21(19,20)16-8-4-5-12-9-10-14(11-15(12)16)17-13-6-2-1-3-7-13/h1-11,17H,(H,18,19,20). The maximum atomic E-state index is 11.5. The smallest absolute Gasteiger partial charge is 0.295 e. The Hall–Kier alpha value is -2.37. The van der Waals surface area contributed by atoms with Crippen molar-refractivity contribution in [2.45, 2.75) is 4.90 Å². The van der Waals surface area contributed by atoms with Crippen LogP contribution in [0.2, 0.25) is 0 Å². The lowest BCUT2D eigenvalue weighted by molar-refractivity contribution is 0.484. The van der Waals surface area contributed by atoms with Crippen molar-refractivity contribution in [3.8, 4) is 0 Å². The van der Waals surface area contributed by atoms with Crippen molar-refractivity contribution in [2.24, 2.45) is 0 Å². The lowest BCUT2D eigenvalue weighted by Gasteiger charge is -2.09. The summed E-state index contributed by atoms with van der Waals surface area (Å²) in [5.41, 5.74) is 1.66. The van der Waals surface area contributed by atoms with E-state index in [1.165, 1.54) is 6.07 Å². The van der Waals surface area contributed by atoms with Crippen molar-refractivity contribution >= 4 is 32.3 Å². The fourth-order valence-electron chi connectivity index (χ4n) is 2.23. The molecule has 3 aromatic carbocycles. The Morgan fingerprint density at radius 2 is 1.57 bits per heavy atom. The first-order valence-electron chi connectivity index (χ1n) is 6.36. The summed E-state index contributed by atoms with van der Waals surface area (Å²) in [6.45, 7) is 0. The minimum absolute atomic E-state index is 0.0864. The molecule has 0 spiro atoms. The summed E-state index contributed by atoms with van der Waals surface area (Å²) < 4.78 is 32.2. The second-order valence-electron chi connectivity index (χ2n) is 4.66. The molecular weight excluding hydrogens is 286 g/mol. The van der Waals surface area contributed by atoms with Gasteiger partial charge in [0.05, 0.1) is 0 Å². The van der Waals surface area contributed by atoms with Crippen molar-refractivity contribution in [3.05, 3.63) is 66.7 Å². The lowest BCUT2D eigenvalue weighted by atomic mass is 10.1. The molecule has 5 heteroatoms. The summed E-state index contributed by atoms with van der Waals surface area (Å²) in [6, 6.07) is 19.8. The van der Waals surface area contributed by atoms with Crippen molar-refractivity contribution in [1.82, 2.24) is 0 Å². The highest BCUT2D eigenvalue weighted by Gasteiger charge is 2.13. The Bertz CT molecular complexity index is 890. The van der Waals surface area contributed by atoms with Crippen LogP contribution in [0.25, 0.3) is 10.8 Å². The second kappa shape index (κ2) is 5.20. The molecule has 21 heavy (non-hydrogen) atoms. The molecule has 0 aromatic heterocycles. The number of anilines is 2. The van der Waals surface area contributed by atoms with Crippen LogP contribution in [0.15, 0.2) is 71.6 Å². The highest BCUT2D eigenvalue weighted by Crippen LogP contribution is 2.27. The van der Waals surface area contributed by atoms with Crippen LogP contribution in [-0.2, 0) is 10.1 Å². The highest BCUT2D eigenvalue weighted by molar-refractivity contribution is 7.86. The van der Waals surface area contributed by atoms with Gasteiger partial charge in [-0.2, -0.15) is 8.42 Å². The molecule has 0 unspecified atom stereocenters. The molecule has 0 atom stereocenters. The number of para-hydroxylation sites is 1. The van der Waals surface area contributed by atoms with Crippen LogP contribution in [-0.4, -0.2) is 13.0 Å². The number of hydrogen-bond donors (Lipinski definition) is 2. The average molecular weight is 299 g/mol. The Kier molecular flexibility index (Phi) is 3.37. The van der Waals surface area contributed by atoms with Crippen molar-refractivity contribution in [2.75, 3.05) is 5.32 Å². The first kappa shape index (κ1) is 13.6. The normalized spacial score (nSPS) is 11.5. The Morgan fingerprint density at radius 3 is 2.29 bits per heavy atom. The Labute approximate surface area is 122 Å². The van der Waals surface area contributed by atoms with E-state index in [1.54, 1.807) is 18.2 Å². The fraction of sp³-hybridized carbons (Fsp3) is 0. The van der Waals surface area contributed by atoms with E-state index in [0.29, 0.717) is 5.39 Å². The van der Waals surface area contributed by atoms with Gasteiger partial charge in [0.2, 0.25) is 0 Å². The van der Waals surface area contributed by atoms with Gasteiger partial charge in [-0.3, -0.25) is 4.55 Å². The maximum absolute atomic E-state index is 11.5. The van der Waals surface area contributed by atoms with Gasteiger partial charge in [-0.05, 0) is 35.7 Å². The molecule has 0 aliphatic carbocycles. The molecule has 106 valence electrons. The van der Waals surface area contributed by atoms with E-state index in [1.807, 2.05) is 42.5 Å². The highest BCUT2D eigenvalue weighted by atomic mass is 32.2. The molecule has 0 bridgehead atoms. The summed E-state index contributed by atoms with van der Waals surface area (Å²) in [7, 11) is -4.25. The van der Waals surface area contributed by atoms with Crippen LogP contribution < -0.4 is 5.32 Å². The van der Waals surface area contributed by atoms with Gasteiger partial charge in [0.25, 0.3) is 10.1 Å². The van der Waals surface area contributed by atoms with E-state index in [2.05, 4.69) is 5.32 Å². The van der Waals surface area contributed by atoms with Crippen LogP contribution in [0.1, 0.15) is 0 Å². The quantitative estimate of drug-likeness (QED) is 0.721. The minimum atomic E-state index is -4.25. The van der Waals surface area contributed by atoms with Gasteiger partial charge in [-0.15, -0.1) is 0 Å². The third-order valence-corrected chi connectivity index (χ3v) is 4.09. The zero-order valence-electron chi connectivity index (χ0n) is 11.0. The van der Waals surface area contributed by atoms with E-state index in [-0.39, 0.29) is 4.90 Å². The van der Waals surface area contributed by atoms with Gasteiger partial charge in [0.15, 0.2) is 0 Å². The van der Waals surface area contributed by atoms with E-state index in [0.717, 1.165) is 16.8 Å². The molecular formula is C16H13NO3S. The van der Waals surface area contributed by atoms with E-state index in [9.17, 15) is 13.0 Å². The molecule has 4 nitrogen and oxygen atoms in total. The van der Waals surface area contributed by atoms with Crippen molar-refractivity contribution in [1.29, 1.82) is 0 Å². The number of rotatable bonds is 3. The fourth-order valence-corrected chi connectivity index (χ4v) is 2.94. The van der Waals surface area contributed by atoms with Gasteiger partial charge >= 0.3 is 0 Å². The maximum Gasteiger partial charge on any atom is 0.295 e. The van der Waals surface area contributed by atoms with Gasteiger partial charge in [-0.1, -0.05) is 36.4 Å². The van der Waals surface area contributed by atoms with Crippen LogP contribution in [0.5, 0.6) is 0 Å². The summed E-state index contributed by atoms with van der Waals surface area (Å²) in [4.78, 5) is -0.0864. The van der Waals surface area contributed by atoms with Crippen LogP contribution >= 0.6 is 0 Å². The lowest BCUT2D eigenvalue weighted by Crippen LogP contribution is -1.99. The van der Waals surface area contributed by atoms with Gasteiger partial charge in [-0.25, -0.2) is 0 Å². The van der Waals surface area contributed by atoms with Crippen LogP contribution in [0, 0.1) is 0 Å². The summed E-state index contributed by atoms with van der Waals surface area (Å²) in [5, 5.41) is 4.44. The number of benzene rings is 3. The molecule has 0 saturated heterocycles. The third kappa shape index (κ3) is 2.89. The summed E-state index contributed by atoms with van der Waals surface area (Å²) in [5.74, 6) is 0. The molecule has 0 heterocycles. The molecule has 0 radical (unpaired) electrons.